The van der Waals surface area contributed by atoms with Crippen LogP contribution in [-0.4, -0.2) is 35.1 Å². The van der Waals surface area contributed by atoms with E-state index in [2.05, 4.69) is 14.8 Å². The third-order valence-corrected chi connectivity index (χ3v) is 1.29. The van der Waals surface area contributed by atoms with Gasteiger partial charge < -0.3 is 4.98 Å². The number of hydroxylamine groups is 2. The molecule has 1 rings (SSSR count). The molecule has 0 aliphatic carbocycles. The zero-order valence-electron chi connectivity index (χ0n) is 6.37. The monoisotopic (exact) mass is 155 g/mol. The van der Waals surface area contributed by atoms with Crippen LogP contribution < -0.4 is 0 Å². The molecule has 0 saturated carbocycles. The third kappa shape index (κ3) is 1.56. The van der Waals surface area contributed by atoms with Crippen molar-refractivity contribution in [2.45, 2.75) is 0 Å². The van der Waals surface area contributed by atoms with Crippen molar-refractivity contribution in [1.29, 1.82) is 0 Å². The summed E-state index contributed by atoms with van der Waals surface area (Å²) in [6.45, 7) is 0. The van der Waals surface area contributed by atoms with Gasteiger partial charge in [0.2, 0.25) is 0 Å². The first kappa shape index (κ1) is 7.74. The van der Waals surface area contributed by atoms with Crippen molar-refractivity contribution < 1.29 is 9.63 Å². The summed E-state index contributed by atoms with van der Waals surface area (Å²) in [7, 11) is 2.96. The molecule has 0 bridgehead atoms. The van der Waals surface area contributed by atoms with E-state index in [4.69, 9.17) is 0 Å². The highest BCUT2D eigenvalue weighted by Crippen LogP contribution is 1.96. The Morgan fingerprint density at radius 1 is 1.82 bits per heavy atom. The number of aromatic nitrogens is 2. The minimum Gasteiger partial charge on any atom is -0.341 e. The molecule has 1 amide bonds. The van der Waals surface area contributed by atoms with Crippen LogP contribution in [0.2, 0.25) is 0 Å². The second-order valence-electron chi connectivity index (χ2n) is 1.95. The van der Waals surface area contributed by atoms with E-state index in [0.717, 1.165) is 5.06 Å². The first-order valence-corrected chi connectivity index (χ1v) is 3.06. The van der Waals surface area contributed by atoms with Crippen LogP contribution in [0.1, 0.15) is 10.5 Å². The molecular weight excluding hydrogens is 146 g/mol. The summed E-state index contributed by atoms with van der Waals surface area (Å²) < 4.78 is 0. The molecule has 1 heterocycles. The van der Waals surface area contributed by atoms with Gasteiger partial charge in [0.05, 0.1) is 19.6 Å². The minimum atomic E-state index is -0.245. The van der Waals surface area contributed by atoms with E-state index in [1.54, 1.807) is 0 Å². The number of carbonyl (C=O) groups is 1. The second-order valence-corrected chi connectivity index (χ2v) is 1.95. The number of hydrogen-bond acceptors (Lipinski definition) is 3. The summed E-state index contributed by atoms with van der Waals surface area (Å²) in [6.07, 6.45) is 2.88. The van der Waals surface area contributed by atoms with E-state index < -0.39 is 0 Å². The lowest BCUT2D eigenvalue weighted by atomic mass is 10.4. The Labute approximate surface area is 63.9 Å². The average molecular weight is 155 g/mol. The lowest BCUT2D eigenvalue weighted by Crippen LogP contribution is -2.25. The summed E-state index contributed by atoms with van der Waals surface area (Å²) in [5, 5.41) is 1.12. The standard InChI is InChI=1S/C6H9N3O2/c1-9(11-2)6(10)5-3-7-4-8-5/h3-4H,1-2H3,(H,7,8). The molecule has 0 atom stereocenters. The van der Waals surface area contributed by atoms with E-state index >= 15 is 0 Å². The second kappa shape index (κ2) is 3.16. The van der Waals surface area contributed by atoms with Crippen molar-refractivity contribution in [2.75, 3.05) is 14.2 Å². The maximum absolute atomic E-state index is 11.2. The topological polar surface area (TPSA) is 58.2 Å². The number of H-pyrrole nitrogens is 1. The first-order valence-electron chi connectivity index (χ1n) is 3.06. The van der Waals surface area contributed by atoms with E-state index in [9.17, 15) is 4.79 Å². The van der Waals surface area contributed by atoms with Gasteiger partial charge in [-0.3, -0.25) is 9.63 Å². The molecule has 0 spiro atoms. The van der Waals surface area contributed by atoms with Gasteiger partial charge in [0.25, 0.3) is 5.91 Å². The number of imidazole rings is 1. The molecule has 0 aliphatic rings. The molecule has 1 N–H and O–H groups in total. The van der Waals surface area contributed by atoms with Gasteiger partial charge >= 0.3 is 0 Å². The van der Waals surface area contributed by atoms with Crippen molar-refractivity contribution in [3.63, 3.8) is 0 Å². The third-order valence-electron chi connectivity index (χ3n) is 1.29. The quantitative estimate of drug-likeness (QED) is 0.613. The molecule has 0 aliphatic heterocycles. The SMILES string of the molecule is CON(C)C(=O)c1cnc[nH]1. The summed E-state index contributed by atoms with van der Waals surface area (Å²) in [5.74, 6) is -0.245. The van der Waals surface area contributed by atoms with Crippen molar-refractivity contribution in [3.8, 4) is 0 Å². The number of nitrogens with zero attached hydrogens (tertiary/aromatic N) is 2. The summed E-state index contributed by atoms with van der Waals surface area (Å²) >= 11 is 0. The Morgan fingerprint density at radius 3 is 3.00 bits per heavy atom. The van der Waals surface area contributed by atoms with Gasteiger partial charge in [-0.25, -0.2) is 10.0 Å². The normalized spacial score (nSPS) is 9.64. The van der Waals surface area contributed by atoms with Crippen molar-refractivity contribution >= 4 is 5.91 Å². The molecule has 0 fully saturated rings. The molecule has 60 valence electrons. The van der Waals surface area contributed by atoms with E-state index in [1.165, 1.54) is 26.7 Å². The number of hydrogen-bond donors (Lipinski definition) is 1. The summed E-state index contributed by atoms with van der Waals surface area (Å²) in [4.78, 5) is 22.2. The maximum atomic E-state index is 11.2. The van der Waals surface area contributed by atoms with Gasteiger partial charge in [0.15, 0.2) is 0 Å². The average Bonchev–Trinajstić information content (AvgIpc) is 2.53. The molecule has 11 heavy (non-hydrogen) atoms. The van der Waals surface area contributed by atoms with Crippen molar-refractivity contribution in [2.24, 2.45) is 0 Å². The fourth-order valence-electron chi connectivity index (χ4n) is 0.625. The highest BCUT2D eigenvalue weighted by molar-refractivity contribution is 5.91. The van der Waals surface area contributed by atoms with Crippen LogP contribution in [0.15, 0.2) is 12.5 Å². The molecule has 0 radical (unpaired) electrons. The first-order chi connectivity index (χ1) is 5.25. The van der Waals surface area contributed by atoms with E-state index in [0.29, 0.717) is 5.69 Å². The molecule has 0 aromatic carbocycles. The van der Waals surface area contributed by atoms with Crippen LogP contribution in [0.5, 0.6) is 0 Å². The van der Waals surface area contributed by atoms with Crippen LogP contribution >= 0.6 is 0 Å². The Hall–Kier alpha value is -1.36. The summed E-state index contributed by atoms with van der Waals surface area (Å²) in [5.41, 5.74) is 0.411. The van der Waals surface area contributed by atoms with Gasteiger partial charge in [0, 0.05) is 7.05 Å². The number of amides is 1. The van der Waals surface area contributed by atoms with Gasteiger partial charge in [-0.1, -0.05) is 0 Å². The zero-order chi connectivity index (χ0) is 8.27. The van der Waals surface area contributed by atoms with E-state index in [-0.39, 0.29) is 5.91 Å². The van der Waals surface area contributed by atoms with Crippen LogP contribution in [0.25, 0.3) is 0 Å². The number of carbonyl (C=O) groups excluding carboxylic acids is 1. The number of aromatic amines is 1. The van der Waals surface area contributed by atoms with Crippen molar-refractivity contribution in [3.05, 3.63) is 18.2 Å². The molecule has 1 aromatic heterocycles. The lowest BCUT2D eigenvalue weighted by molar-refractivity contribution is -0.0760. The van der Waals surface area contributed by atoms with Gasteiger partial charge in [0.1, 0.15) is 5.69 Å². The number of rotatable bonds is 2. The predicted octanol–water partition coefficient (Wildman–Crippen LogP) is 0.0431. The van der Waals surface area contributed by atoms with Crippen LogP contribution in [0.4, 0.5) is 0 Å². The molecular formula is C6H9N3O2. The van der Waals surface area contributed by atoms with Crippen LogP contribution in [0.3, 0.4) is 0 Å². The van der Waals surface area contributed by atoms with Crippen LogP contribution in [-0.2, 0) is 4.84 Å². The van der Waals surface area contributed by atoms with Crippen LogP contribution in [0, 0.1) is 0 Å². The fraction of sp³-hybridized carbons (Fsp3) is 0.333. The Morgan fingerprint density at radius 2 is 2.55 bits per heavy atom. The Kier molecular flexibility index (Phi) is 2.22. The fourth-order valence-corrected chi connectivity index (χ4v) is 0.625. The zero-order valence-corrected chi connectivity index (χ0v) is 6.37. The van der Waals surface area contributed by atoms with Crippen molar-refractivity contribution in [1.82, 2.24) is 15.0 Å². The molecule has 0 unspecified atom stereocenters. The Bertz CT molecular complexity index is 232. The lowest BCUT2D eigenvalue weighted by Gasteiger charge is -2.11. The molecule has 1 aromatic rings. The smallest absolute Gasteiger partial charge is 0.295 e. The summed E-state index contributed by atoms with van der Waals surface area (Å²) in [6, 6.07) is 0. The maximum Gasteiger partial charge on any atom is 0.295 e. The van der Waals surface area contributed by atoms with E-state index in [1.807, 2.05) is 0 Å². The number of nitrogens with one attached hydrogen (secondary N) is 1. The predicted molar refractivity (Wildman–Crippen MR) is 37.7 cm³/mol. The highest BCUT2D eigenvalue weighted by Gasteiger charge is 2.11. The van der Waals surface area contributed by atoms with Gasteiger partial charge in [-0.15, -0.1) is 0 Å². The van der Waals surface area contributed by atoms with Gasteiger partial charge in [-0.05, 0) is 0 Å². The minimum absolute atomic E-state index is 0.245. The van der Waals surface area contributed by atoms with Gasteiger partial charge in [-0.2, -0.15) is 0 Å². The highest BCUT2D eigenvalue weighted by atomic mass is 16.7. The Balaban J connectivity index is 2.70. The largest absolute Gasteiger partial charge is 0.341 e. The molecule has 0 saturated heterocycles. The molecule has 5 heteroatoms. The molecule has 5 nitrogen and oxygen atoms in total.